The van der Waals surface area contributed by atoms with Crippen molar-refractivity contribution in [3.63, 3.8) is 0 Å². The van der Waals surface area contributed by atoms with Crippen LogP contribution in [0.3, 0.4) is 0 Å². The summed E-state index contributed by atoms with van der Waals surface area (Å²) in [7, 11) is 0. The van der Waals surface area contributed by atoms with Crippen molar-refractivity contribution in [2.24, 2.45) is 17.6 Å². The molecule has 1 heterocycles. The molecular formula is C17H28N2. The molecule has 2 nitrogen and oxygen atoms in total. The van der Waals surface area contributed by atoms with Crippen molar-refractivity contribution >= 4 is 0 Å². The van der Waals surface area contributed by atoms with Crippen molar-refractivity contribution in [2.75, 3.05) is 19.6 Å². The summed E-state index contributed by atoms with van der Waals surface area (Å²) in [5.41, 5.74) is 7.74. The van der Waals surface area contributed by atoms with Gasteiger partial charge in [0.15, 0.2) is 0 Å². The Morgan fingerprint density at radius 2 is 1.74 bits per heavy atom. The summed E-state index contributed by atoms with van der Waals surface area (Å²) in [6, 6.07) is 10.8. The van der Waals surface area contributed by atoms with Gasteiger partial charge in [0.2, 0.25) is 0 Å². The van der Waals surface area contributed by atoms with E-state index in [9.17, 15) is 0 Å². The van der Waals surface area contributed by atoms with Gasteiger partial charge < -0.3 is 5.73 Å². The van der Waals surface area contributed by atoms with E-state index in [0.29, 0.717) is 0 Å². The first-order valence-electron chi connectivity index (χ1n) is 7.60. The Kier molecular flexibility index (Phi) is 4.64. The highest BCUT2D eigenvalue weighted by Gasteiger charge is 2.39. The SMILES string of the molecule is CCC(CN)(Cc1ccccc1)N1CC(C)C(C)C1. The average molecular weight is 260 g/mol. The summed E-state index contributed by atoms with van der Waals surface area (Å²) in [5.74, 6) is 1.57. The molecule has 2 N–H and O–H groups in total. The van der Waals surface area contributed by atoms with Gasteiger partial charge >= 0.3 is 0 Å². The Morgan fingerprint density at radius 1 is 1.16 bits per heavy atom. The minimum absolute atomic E-state index is 0.139. The lowest BCUT2D eigenvalue weighted by molar-refractivity contribution is 0.112. The van der Waals surface area contributed by atoms with Gasteiger partial charge in [0.25, 0.3) is 0 Å². The van der Waals surface area contributed by atoms with E-state index in [2.05, 4.69) is 56.0 Å². The second-order valence-corrected chi connectivity index (χ2v) is 6.30. The third-order valence-electron chi connectivity index (χ3n) is 5.07. The van der Waals surface area contributed by atoms with E-state index in [0.717, 1.165) is 31.2 Å². The van der Waals surface area contributed by atoms with Crippen LogP contribution in [-0.2, 0) is 6.42 Å². The quantitative estimate of drug-likeness (QED) is 0.882. The molecule has 0 amide bonds. The fraction of sp³-hybridized carbons (Fsp3) is 0.647. The number of likely N-dealkylation sites (tertiary alicyclic amines) is 1. The van der Waals surface area contributed by atoms with Gasteiger partial charge in [-0.2, -0.15) is 0 Å². The maximum atomic E-state index is 6.20. The van der Waals surface area contributed by atoms with Gasteiger partial charge in [0, 0.05) is 25.2 Å². The summed E-state index contributed by atoms with van der Waals surface area (Å²) in [5, 5.41) is 0. The Bertz CT molecular complexity index is 374. The molecule has 1 aliphatic rings. The number of nitrogens with two attached hydrogens (primary N) is 1. The molecule has 1 aliphatic heterocycles. The molecule has 1 aromatic carbocycles. The molecule has 1 aromatic rings. The molecule has 3 atom stereocenters. The summed E-state index contributed by atoms with van der Waals surface area (Å²) < 4.78 is 0. The molecule has 0 bridgehead atoms. The molecule has 3 unspecified atom stereocenters. The number of hydrogen-bond acceptors (Lipinski definition) is 2. The average Bonchev–Trinajstić information content (AvgIpc) is 2.78. The summed E-state index contributed by atoms with van der Waals surface area (Å²) in [6.45, 7) is 10.1. The first-order valence-corrected chi connectivity index (χ1v) is 7.60. The van der Waals surface area contributed by atoms with Gasteiger partial charge in [-0.1, -0.05) is 51.1 Å². The molecule has 0 saturated carbocycles. The molecule has 0 radical (unpaired) electrons. The van der Waals surface area contributed by atoms with E-state index in [-0.39, 0.29) is 5.54 Å². The maximum absolute atomic E-state index is 6.20. The third-order valence-corrected chi connectivity index (χ3v) is 5.07. The topological polar surface area (TPSA) is 29.3 Å². The third kappa shape index (κ3) is 3.01. The molecule has 19 heavy (non-hydrogen) atoms. The van der Waals surface area contributed by atoms with Crippen LogP contribution in [0.15, 0.2) is 30.3 Å². The largest absolute Gasteiger partial charge is 0.329 e. The van der Waals surface area contributed by atoms with Crippen molar-refractivity contribution in [3.8, 4) is 0 Å². The smallest absolute Gasteiger partial charge is 0.0369 e. The zero-order valence-corrected chi connectivity index (χ0v) is 12.6. The molecule has 0 spiro atoms. The lowest BCUT2D eigenvalue weighted by Gasteiger charge is -2.41. The minimum atomic E-state index is 0.139. The minimum Gasteiger partial charge on any atom is -0.329 e. The standard InChI is InChI=1S/C17H28N2/c1-4-17(13-18,10-16-8-6-5-7-9-16)19-11-14(2)15(3)12-19/h5-9,14-15H,4,10-13,18H2,1-3H3. The summed E-state index contributed by atoms with van der Waals surface area (Å²) >= 11 is 0. The predicted octanol–water partition coefficient (Wildman–Crippen LogP) is 2.92. The van der Waals surface area contributed by atoms with Crippen LogP contribution in [0, 0.1) is 11.8 Å². The van der Waals surface area contributed by atoms with Crippen molar-refractivity contribution in [3.05, 3.63) is 35.9 Å². The Labute approximate surface area is 118 Å². The predicted molar refractivity (Wildman–Crippen MR) is 82.1 cm³/mol. The molecule has 0 aliphatic carbocycles. The van der Waals surface area contributed by atoms with Gasteiger partial charge in [-0.15, -0.1) is 0 Å². The number of hydrogen-bond donors (Lipinski definition) is 1. The summed E-state index contributed by atoms with van der Waals surface area (Å²) in [6.07, 6.45) is 2.19. The Balaban J connectivity index is 2.18. The van der Waals surface area contributed by atoms with E-state index in [1.807, 2.05) is 0 Å². The lowest BCUT2D eigenvalue weighted by atomic mass is 9.86. The van der Waals surface area contributed by atoms with E-state index in [1.54, 1.807) is 0 Å². The fourth-order valence-corrected chi connectivity index (χ4v) is 3.30. The van der Waals surface area contributed by atoms with Gasteiger partial charge in [-0.25, -0.2) is 0 Å². The maximum Gasteiger partial charge on any atom is 0.0369 e. The van der Waals surface area contributed by atoms with Crippen molar-refractivity contribution in [1.82, 2.24) is 4.90 Å². The second-order valence-electron chi connectivity index (χ2n) is 6.30. The molecule has 1 saturated heterocycles. The lowest BCUT2D eigenvalue weighted by Crippen LogP contribution is -2.54. The van der Waals surface area contributed by atoms with Gasteiger partial charge in [0.05, 0.1) is 0 Å². The fourth-order valence-electron chi connectivity index (χ4n) is 3.30. The molecule has 106 valence electrons. The first-order chi connectivity index (χ1) is 9.11. The van der Waals surface area contributed by atoms with Crippen LogP contribution in [0.4, 0.5) is 0 Å². The van der Waals surface area contributed by atoms with Crippen LogP contribution in [-0.4, -0.2) is 30.1 Å². The second kappa shape index (κ2) is 6.06. The van der Waals surface area contributed by atoms with Crippen molar-refractivity contribution < 1.29 is 0 Å². The van der Waals surface area contributed by atoms with Crippen LogP contribution in [0.2, 0.25) is 0 Å². The molecule has 2 rings (SSSR count). The van der Waals surface area contributed by atoms with Crippen molar-refractivity contribution in [2.45, 2.75) is 39.2 Å². The Morgan fingerprint density at radius 3 is 2.21 bits per heavy atom. The highest BCUT2D eigenvalue weighted by atomic mass is 15.2. The van der Waals surface area contributed by atoms with E-state index < -0.39 is 0 Å². The molecular weight excluding hydrogens is 232 g/mol. The number of rotatable bonds is 5. The number of nitrogens with zero attached hydrogens (tertiary/aromatic N) is 1. The summed E-state index contributed by atoms with van der Waals surface area (Å²) in [4.78, 5) is 2.65. The molecule has 0 aromatic heterocycles. The van der Waals surface area contributed by atoms with E-state index in [1.165, 1.54) is 18.7 Å². The monoisotopic (exact) mass is 260 g/mol. The van der Waals surface area contributed by atoms with Gasteiger partial charge in [-0.05, 0) is 30.2 Å². The van der Waals surface area contributed by atoms with Crippen LogP contribution < -0.4 is 5.73 Å². The zero-order valence-electron chi connectivity index (χ0n) is 12.6. The van der Waals surface area contributed by atoms with Crippen LogP contribution in [0.5, 0.6) is 0 Å². The van der Waals surface area contributed by atoms with Crippen molar-refractivity contribution in [1.29, 1.82) is 0 Å². The zero-order chi connectivity index (χ0) is 13.9. The first kappa shape index (κ1) is 14.5. The van der Waals surface area contributed by atoms with E-state index in [4.69, 9.17) is 5.73 Å². The van der Waals surface area contributed by atoms with Gasteiger partial charge in [-0.3, -0.25) is 4.90 Å². The van der Waals surface area contributed by atoms with Gasteiger partial charge in [0.1, 0.15) is 0 Å². The Hall–Kier alpha value is -0.860. The molecule has 2 heteroatoms. The van der Waals surface area contributed by atoms with Crippen LogP contribution in [0.25, 0.3) is 0 Å². The van der Waals surface area contributed by atoms with Crippen LogP contribution >= 0.6 is 0 Å². The van der Waals surface area contributed by atoms with E-state index >= 15 is 0 Å². The molecule has 1 fully saturated rings. The highest BCUT2D eigenvalue weighted by Crippen LogP contribution is 2.32. The van der Waals surface area contributed by atoms with Crippen LogP contribution in [0.1, 0.15) is 32.8 Å². The number of benzene rings is 1. The normalized spacial score (nSPS) is 27.4. The highest BCUT2D eigenvalue weighted by molar-refractivity contribution is 5.18.